The van der Waals surface area contributed by atoms with E-state index in [0.717, 1.165) is 12.8 Å². The van der Waals surface area contributed by atoms with Crippen molar-refractivity contribution in [3.05, 3.63) is 0 Å². The third kappa shape index (κ3) is 8.23. The van der Waals surface area contributed by atoms with Crippen LogP contribution in [-0.2, 0) is 9.53 Å². The molecule has 0 bridgehead atoms. The van der Waals surface area contributed by atoms with E-state index >= 15 is 0 Å². The van der Waals surface area contributed by atoms with Crippen molar-refractivity contribution in [3.63, 3.8) is 0 Å². The Balaban J connectivity index is 3.92. The summed E-state index contributed by atoms with van der Waals surface area (Å²) >= 11 is 0. The lowest BCUT2D eigenvalue weighted by atomic mass is 10.1. The second-order valence-corrected chi connectivity index (χ2v) is 4.60. The van der Waals surface area contributed by atoms with Gasteiger partial charge in [0.15, 0.2) is 0 Å². The van der Waals surface area contributed by atoms with Crippen LogP contribution in [0.1, 0.15) is 40.0 Å². The minimum absolute atomic E-state index is 0.542. The molecule has 0 aliphatic heterocycles. The molecule has 0 spiro atoms. The molecule has 0 rings (SSSR count). The first-order valence-electron chi connectivity index (χ1n) is 5.46. The van der Waals surface area contributed by atoms with E-state index in [9.17, 15) is 9.59 Å². The highest BCUT2D eigenvalue weighted by Crippen LogP contribution is 2.07. The molecular weight excluding hydrogens is 208 g/mol. The summed E-state index contributed by atoms with van der Waals surface area (Å²) < 4.78 is 5.02. The molecule has 0 aromatic rings. The molecule has 0 aliphatic rings. The summed E-state index contributed by atoms with van der Waals surface area (Å²) in [6.07, 6.45) is 3.34. The van der Waals surface area contributed by atoms with Crippen molar-refractivity contribution in [2.75, 3.05) is 6.54 Å². The van der Waals surface area contributed by atoms with Crippen LogP contribution in [0.3, 0.4) is 0 Å². The fraction of sp³-hybridized carbons (Fsp3) is 0.818. The maximum absolute atomic E-state index is 11.3. The van der Waals surface area contributed by atoms with Gasteiger partial charge in [-0.2, -0.15) is 0 Å². The van der Waals surface area contributed by atoms with Crippen LogP contribution in [0.25, 0.3) is 0 Å². The lowest BCUT2D eigenvalue weighted by Gasteiger charge is -2.21. The highest BCUT2D eigenvalue weighted by Gasteiger charge is 2.19. The van der Waals surface area contributed by atoms with Gasteiger partial charge < -0.3 is 15.8 Å². The monoisotopic (exact) mass is 229 g/mol. The Labute approximate surface area is 96.7 Å². The molecule has 5 heteroatoms. The molecule has 3 N–H and O–H groups in total. The van der Waals surface area contributed by atoms with E-state index in [1.807, 2.05) is 0 Å². The summed E-state index contributed by atoms with van der Waals surface area (Å²) in [4.78, 5) is 21.9. The van der Waals surface area contributed by atoms with Crippen molar-refractivity contribution < 1.29 is 14.3 Å². The third-order valence-electron chi connectivity index (χ3n) is 1.78. The van der Waals surface area contributed by atoms with Crippen molar-refractivity contribution in [3.8, 4) is 0 Å². The summed E-state index contributed by atoms with van der Waals surface area (Å²) in [5, 5.41) is 2.46. The number of nitrogens with one attached hydrogen (secondary N) is 1. The zero-order valence-corrected chi connectivity index (χ0v) is 10.2. The molecule has 5 nitrogen and oxygen atoms in total. The molecule has 0 saturated carbocycles. The lowest BCUT2D eigenvalue weighted by Crippen LogP contribution is -2.40. The fourth-order valence-electron chi connectivity index (χ4n) is 1.10. The van der Waals surface area contributed by atoms with E-state index in [2.05, 4.69) is 5.32 Å². The third-order valence-corrected chi connectivity index (χ3v) is 1.78. The predicted molar refractivity (Wildman–Crippen MR) is 61.8 cm³/mol. The number of hydrogen-bond acceptors (Lipinski definition) is 4. The number of carbonyl (C=O) groups excluding carboxylic acids is 2. The fourth-order valence-corrected chi connectivity index (χ4v) is 1.10. The zero-order chi connectivity index (χ0) is 12.6. The van der Waals surface area contributed by atoms with E-state index in [0.29, 0.717) is 13.0 Å². The highest BCUT2D eigenvalue weighted by atomic mass is 16.6. The van der Waals surface area contributed by atoms with Gasteiger partial charge in [0.2, 0.25) is 6.29 Å². The van der Waals surface area contributed by atoms with E-state index < -0.39 is 17.7 Å². The van der Waals surface area contributed by atoms with Gasteiger partial charge in [-0.15, -0.1) is 0 Å². The Morgan fingerprint density at radius 3 is 2.50 bits per heavy atom. The van der Waals surface area contributed by atoms with Gasteiger partial charge in [0.1, 0.15) is 5.60 Å². The molecule has 0 heterocycles. The molecule has 0 aromatic heterocycles. The minimum atomic E-state index is -0.610. The maximum Gasteiger partial charge on any atom is 0.408 e. The first-order chi connectivity index (χ1) is 7.39. The number of hydrogen-bond donors (Lipinski definition) is 2. The van der Waals surface area contributed by atoms with Crippen LogP contribution in [0.4, 0.5) is 4.79 Å². The average molecular weight is 229 g/mol. The number of alkyl carbamates (subject to hydrolysis) is 1. The minimum Gasteiger partial charge on any atom is -0.444 e. The normalized spacial score (nSPS) is 13.0. The largest absolute Gasteiger partial charge is 0.444 e. The van der Waals surface area contributed by atoms with E-state index in [1.165, 1.54) is 0 Å². The van der Waals surface area contributed by atoms with Gasteiger partial charge in [-0.05, 0) is 46.6 Å². The smallest absolute Gasteiger partial charge is 0.408 e. The summed E-state index contributed by atoms with van der Waals surface area (Å²) in [5.74, 6) is 0. The Morgan fingerprint density at radius 2 is 2.06 bits per heavy atom. The van der Waals surface area contributed by atoms with Crippen LogP contribution in [0.5, 0.6) is 0 Å². The van der Waals surface area contributed by atoms with Gasteiger partial charge >= 0.3 is 6.09 Å². The number of nitrogens with two attached hydrogens (primary N) is 1. The summed E-state index contributed by atoms with van der Waals surface area (Å²) in [6.45, 7) is 5.87. The lowest BCUT2D eigenvalue weighted by molar-refractivity contribution is 0.0515. The SMILES string of the molecule is CC(C)(C)OC(=O)N[C@@H]([C]=O)CCCCN. The zero-order valence-electron chi connectivity index (χ0n) is 10.2. The number of ether oxygens (including phenoxy) is 1. The first-order valence-corrected chi connectivity index (χ1v) is 5.46. The van der Waals surface area contributed by atoms with Crippen LogP contribution < -0.4 is 11.1 Å². The summed E-state index contributed by atoms with van der Waals surface area (Å²) in [6, 6.07) is -0.610. The van der Waals surface area contributed by atoms with Gasteiger partial charge in [-0.1, -0.05) is 0 Å². The topological polar surface area (TPSA) is 81.4 Å². The molecule has 1 atom stereocenters. The van der Waals surface area contributed by atoms with Crippen molar-refractivity contribution in [2.45, 2.75) is 51.7 Å². The molecule has 0 aromatic carbocycles. The second kappa shape index (κ2) is 7.22. The second-order valence-electron chi connectivity index (χ2n) is 4.60. The Bertz CT molecular complexity index is 224. The van der Waals surface area contributed by atoms with Gasteiger partial charge in [-0.25, -0.2) is 4.79 Å². The standard InChI is InChI=1S/C11H21N2O3/c1-11(2,3)16-10(15)13-9(8-14)6-4-5-7-12/h9H,4-7,12H2,1-3H3,(H,13,15)/t9-/m1/s1. The Hall–Kier alpha value is -1.10. The van der Waals surface area contributed by atoms with Crippen molar-refractivity contribution in [1.82, 2.24) is 5.32 Å². The van der Waals surface area contributed by atoms with Gasteiger partial charge in [-0.3, -0.25) is 4.79 Å². The van der Waals surface area contributed by atoms with Gasteiger partial charge in [0.05, 0.1) is 6.04 Å². The molecule has 0 saturated heterocycles. The van der Waals surface area contributed by atoms with Crippen LogP contribution >= 0.6 is 0 Å². The van der Waals surface area contributed by atoms with Crippen LogP contribution in [-0.4, -0.2) is 30.6 Å². The molecule has 0 aliphatic carbocycles. The van der Waals surface area contributed by atoms with Crippen molar-refractivity contribution in [2.24, 2.45) is 5.73 Å². The van der Waals surface area contributed by atoms with E-state index in [1.54, 1.807) is 27.1 Å². The molecule has 0 fully saturated rings. The Kier molecular flexibility index (Phi) is 6.72. The van der Waals surface area contributed by atoms with Gasteiger partial charge in [0, 0.05) is 0 Å². The highest BCUT2D eigenvalue weighted by molar-refractivity contribution is 5.73. The molecule has 0 unspecified atom stereocenters. The van der Waals surface area contributed by atoms with Crippen LogP contribution in [0.2, 0.25) is 0 Å². The van der Waals surface area contributed by atoms with E-state index in [4.69, 9.17) is 10.5 Å². The molecule has 1 amide bonds. The van der Waals surface area contributed by atoms with Crippen molar-refractivity contribution in [1.29, 1.82) is 0 Å². The number of carbonyl (C=O) groups is 1. The van der Waals surface area contributed by atoms with Crippen LogP contribution in [0, 0.1) is 0 Å². The molecular formula is C11H21N2O3. The summed E-state index contributed by atoms with van der Waals surface area (Å²) in [5.41, 5.74) is 4.77. The van der Waals surface area contributed by atoms with Crippen molar-refractivity contribution >= 4 is 12.4 Å². The number of amides is 1. The maximum atomic E-state index is 11.3. The predicted octanol–water partition coefficient (Wildman–Crippen LogP) is 1.12. The number of unbranched alkanes of at least 4 members (excludes halogenated alkanes) is 1. The number of rotatable bonds is 6. The van der Waals surface area contributed by atoms with Crippen LogP contribution in [0.15, 0.2) is 0 Å². The average Bonchev–Trinajstić information content (AvgIpc) is 2.13. The molecule has 16 heavy (non-hydrogen) atoms. The Morgan fingerprint density at radius 1 is 1.44 bits per heavy atom. The summed E-state index contributed by atoms with van der Waals surface area (Å²) in [7, 11) is 0. The first kappa shape index (κ1) is 14.9. The van der Waals surface area contributed by atoms with E-state index in [-0.39, 0.29) is 0 Å². The molecule has 93 valence electrons. The quantitative estimate of drug-likeness (QED) is 0.669. The molecule has 1 radical (unpaired) electrons. The van der Waals surface area contributed by atoms with Gasteiger partial charge in [0.25, 0.3) is 0 Å².